The van der Waals surface area contributed by atoms with Crippen LogP contribution in [0.25, 0.3) is 10.8 Å². The molecule has 140 valence electrons. The molecule has 3 rings (SSSR count). The average molecular weight is 363 g/mol. The van der Waals surface area contributed by atoms with Gasteiger partial charge in [-0.15, -0.1) is 0 Å². The largest absolute Gasteiger partial charge is 0.496 e. The molecule has 27 heavy (non-hydrogen) atoms. The SMILES string of the molecule is CC[C@@H](Oc1cccc2ccccc12)C(=O)N[C@@H](C)c1ccccc1OC. The predicted molar refractivity (Wildman–Crippen MR) is 108 cm³/mol. The van der Waals surface area contributed by atoms with Crippen molar-refractivity contribution in [1.29, 1.82) is 0 Å². The summed E-state index contributed by atoms with van der Waals surface area (Å²) in [6.45, 7) is 3.89. The number of para-hydroxylation sites is 1. The van der Waals surface area contributed by atoms with Crippen molar-refractivity contribution in [3.63, 3.8) is 0 Å². The lowest BCUT2D eigenvalue weighted by atomic mass is 10.1. The van der Waals surface area contributed by atoms with Crippen LogP contribution in [0.15, 0.2) is 66.7 Å². The number of fused-ring (bicyclic) bond motifs is 1. The number of methoxy groups -OCH3 is 1. The van der Waals surface area contributed by atoms with Gasteiger partial charge in [-0.2, -0.15) is 0 Å². The van der Waals surface area contributed by atoms with Gasteiger partial charge in [0.15, 0.2) is 6.10 Å². The molecule has 0 fully saturated rings. The van der Waals surface area contributed by atoms with Gasteiger partial charge in [-0.3, -0.25) is 4.79 Å². The molecule has 4 heteroatoms. The Kier molecular flexibility index (Phi) is 5.97. The first-order valence-electron chi connectivity index (χ1n) is 9.21. The molecule has 0 heterocycles. The second kappa shape index (κ2) is 8.58. The van der Waals surface area contributed by atoms with E-state index in [1.54, 1.807) is 7.11 Å². The second-order valence-corrected chi connectivity index (χ2v) is 6.46. The third-order valence-corrected chi connectivity index (χ3v) is 4.65. The summed E-state index contributed by atoms with van der Waals surface area (Å²) in [6, 6.07) is 21.4. The normalized spacial score (nSPS) is 13.0. The third kappa shape index (κ3) is 4.22. The van der Waals surface area contributed by atoms with Gasteiger partial charge >= 0.3 is 0 Å². The van der Waals surface area contributed by atoms with Gasteiger partial charge < -0.3 is 14.8 Å². The number of hydrogen-bond acceptors (Lipinski definition) is 3. The maximum atomic E-state index is 12.8. The minimum atomic E-state index is -0.562. The van der Waals surface area contributed by atoms with Crippen LogP contribution in [-0.4, -0.2) is 19.1 Å². The number of carbonyl (C=O) groups is 1. The lowest BCUT2D eigenvalue weighted by molar-refractivity contribution is -0.128. The Bertz CT molecular complexity index is 917. The van der Waals surface area contributed by atoms with Crippen LogP contribution in [-0.2, 0) is 4.79 Å². The van der Waals surface area contributed by atoms with Crippen molar-refractivity contribution in [3.8, 4) is 11.5 Å². The molecule has 0 bridgehead atoms. The molecule has 0 saturated carbocycles. The van der Waals surface area contributed by atoms with E-state index in [9.17, 15) is 4.79 Å². The fraction of sp³-hybridized carbons (Fsp3) is 0.261. The first-order chi connectivity index (χ1) is 13.1. The Labute approximate surface area is 160 Å². The summed E-state index contributed by atoms with van der Waals surface area (Å²) in [4.78, 5) is 12.8. The highest BCUT2D eigenvalue weighted by Crippen LogP contribution is 2.27. The van der Waals surface area contributed by atoms with Gasteiger partial charge in [-0.25, -0.2) is 0 Å². The number of carbonyl (C=O) groups excluding carboxylic acids is 1. The zero-order chi connectivity index (χ0) is 19.2. The van der Waals surface area contributed by atoms with Gasteiger partial charge in [0.1, 0.15) is 11.5 Å². The standard InChI is InChI=1S/C23H25NO3/c1-4-20(27-22-15-9-11-17-10-5-6-13-19(17)22)23(25)24-16(2)18-12-7-8-14-21(18)26-3/h5-16,20H,4H2,1-3H3,(H,24,25)/t16-,20+/m0/s1. The third-order valence-electron chi connectivity index (χ3n) is 4.65. The number of amides is 1. The van der Waals surface area contributed by atoms with E-state index in [-0.39, 0.29) is 11.9 Å². The predicted octanol–water partition coefficient (Wildman–Crippen LogP) is 4.88. The molecule has 3 aromatic carbocycles. The van der Waals surface area contributed by atoms with Crippen molar-refractivity contribution in [2.45, 2.75) is 32.4 Å². The Morgan fingerprint density at radius 1 is 0.963 bits per heavy atom. The summed E-state index contributed by atoms with van der Waals surface area (Å²) < 4.78 is 11.5. The maximum absolute atomic E-state index is 12.8. The summed E-state index contributed by atoms with van der Waals surface area (Å²) >= 11 is 0. The van der Waals surface area contributed by atoms with Crippen LogP contribution >= 0.6 is 0 Å². The molecule has 0 aliphatic rings. The van der Waals surface area contributed by atoms with E-state index >= 15 is 0 Å². The van der Waals surface area contributed by atoms with Crippen LogP contribution in [0.2, 0.25) is 0 Å². The van der Waals surface area contributed by atoms with E-state index in [4.69, 9.17) is 9.47 Å². The first-order valence-corrected chi connectivity index (χ1v) is 9.21. The van der Waals surface area contributed by atoms with Gasteiger partial charge in [0.2, 0.25) is 0 Å². The zero-order valence-electron chi connectivity index (χ0n) is 15.9. The van der Waals surface area contributed by atoms with Gasteiger partial charge in [0.25, 0.3) is 5.91 Å². The number of nitrogens with one attached hydrogen (secondary N) is 1. The molecule has 1 N–H and O–H groups in total. The monoisotopic (exact) mass is 363 g/mol. The van der Waals surface area contributed by atoms with E-state index < -0.39 is 6.10 Å². The Hall–Kier alpha value is -3.01. The molecule has 4 nitrogen and oxygen atoms in total. The molecular formula is C23H25NO3. The zero-order valence-corrected chi connectivity index (χ0v) is 15.9. The van der Waals surface area contributed by atoms with Crippen LogP contribution in [0.3, 0.4) is 0 Å². The van der Waals surface area contributed by atoms with Crippen LogP contribution in [0.1, 0.15) is 31.9 Å². The van der Waals surface area contributed by atoms with Crippen molar-refractivity contribution in [3.05, 3.63) is 72.3 Å². The summed E-state index contributed by atoms with van der Waals surface area (Å²) in [6.07, 6.45) is 0.0150. The molecule has 0 spiro atoms. The minimum absolute atomic E-state index is 0.135. The quantitative estimate of drug-likeness (QED) is 0.650. The summed E-state index contributed by atoms with van der Waals surface area (Å²) in [7, 11) is 1.63. The van der Waals surface area contributed by atoms with Gasteiger partial charge in [0, 0.05) is 10.9 Å². The number of benzene rings is 3. The molecule has 0 aliphatic carbocycles. The van der Waals surface area contributed by atoms with Crippen LogP contribution in [0, 0.1) is 0 Å². The average Bonchev–Trinajstić information content (AvgIpc) is 2.71. The van der Waals surface area contributed by atoms with E-state index in [0.717, 1.165) is 27.8 Å². The molecule has 3 aromatic rings. The number of ether oxygens (including phenoxy) is 2. The van der Waals surface area contributed by atoms with Gasteiger partial charge in [-0.1, -0.05) is 61.5 Å². The molecule has 1 amide bonds. The Morgan fingerprint density at radius 3 is 2.41 bits per heavy atom. The molecule has 0 unspecified atom stereocenters. The van der Waals surface area contributed by atoms with E-state index in [0.29, 0.717) is 6.42 Å². The van der Waals surface area contributed by atoms with Crippen LogP contribution < -0.4 is 14.8 Å². The van der Waals surface area contributed by atoms with E-state index in [1.807, 2.05) is 80.6 Å². The van der Waals surface area contributed by atoms with Crippen LogP contribution in [0.4, 0.5) is 0 Å². The highest BCUT2D eigenvalue weighted by Gasteiger charge is 2.22. The molecule has 0 radical (unpaired) electrons. The number of hydrogen-bond donors (Lipinski definition) is 1. The molecule has 2 atom stereocenters. The fourth-order valence-corrected chi connectivity index (χ4v) is 3.18. The number of rotatable bonds is 7. The summed E-state index contributed by atoms with van der Waals surface area (Å²) in [5.74, 6) is 1.34. The summed E-state index contributed by atoms with van der Waals surface area (Å²) in [5, 5.41) is 5.14. The highest BCUT2D eigenvalue weighted by atomic mass is 16.5. The first kappa shape index (κ1) is 18.8. The Balaban J connectivity index is 1.76. The lowest BCUT2D eigenvalue weighted by Crippen LogP contribution is -2.39. The van der Waals surface area contributed by atoms with E-state index in [2.05, 4.69) is 5.32 Å². The van der Waals surface area contributed by atoms with Gasteiger partial charge in [-0.05, 0) is 30.9 Å². The van der Waals surface area contributed by atoms with Crippen LogP contribution in [0.5, 0.6) is 11.5 Å². The van der Waals surface area contributed by atoms with Crippen molar-refractivity contribution in [2.75, 3.05) is 7.11 Å². The van der Waals surface area contributed by atoms with Crippen molar-refractivity contribution in [2.24, 2.45) is 0 Å². The molecule has 0 saturated heterocycles. The summed E-state index contributed by atoms with van der Waals surface area (Å²) in [5.41, 5.74) is 0.938. The van der Waals surface area contributed by atoms with Gasteiger partial charge in [0.05, 0.1) is 13.2 Å². The molecule has 0 aromatic heterocycles. The second-order valence-electron chi connectivity index (χ2n) is 6.46. The minimum Gasteiger partial charge on any atom is -0.496 e. The smallest absolute Gasteiger partial charge is 0.261 e. The van der Waals surface area contributed by atoms with Crippen molar-refractivity contribution in [1.82, 2.24) is 5.32 Å². The van der Waals surface area contributed by atoms with E-state index in [1.165, 1.54) is 0 Å². The molecule has 0 aliphatic heterocycles. The highest BCUT2D eigenvalue weighted by molar-refractivity contribution is 5.89. The molecular weight excluding hydrogens is 338 g/mol. The Morgan fingerprint density at radius 2 is 1.63 bits per heavy atom. The van der Waals surface area contributed by atoms with Crippen molar-refractivity contribution >= 4 is 16.7 Å². The van der Waals surface area contributed by atoms with Crippen molar-refractivity contribution < 1.29 is 14.3 Å². The lowest BCUT2D eigenvalue weighted by Gasteiger charge is -2.22. The fourth-order valence-electron chi connectivity index (χ4n) is 3.18. The topological polar surface area (TPSA) is 47.6 Å². The maximum Gasteiger partial charge on any atom is 0.261 e.